The Balaban J connectivity index is 1.62. The third-order valence-corrected chi connectivity index (χ3v) is 9.17. The van der Waals surface area contributed by atoms with Crippen molar-refractivity contribution in [3.63, 3.8) is 0 Å². The summed E-state index contributed by atoms with van der Waals surface area (Å²) >= 11 is 0. The Labute approximate surface area is 327 Å². The van der Waals surface area contributed by atoms with Gasteiger partial charge in [0.2, 0.25) is 11.8 Å². The Morgan fingerprint density at radius 1 is 0.661 bits per heavy atom. The van der Waals surface area contributed by atoms with Crippen LogP contribution in [-0.2, 0) is 38.5 Å². The molecule has 56 heavy (non-hydrogen) atoms. The molecule has 0 aliphatic heterocycles. The van der Waals surface area contributed by atoms with Crippen molar-refractivity contribution in [2.24, 2.45) is 11.8 Å². The van der Waals surface area contributed by atoms with Gasteiger partial charge in [-0.2, -0.15) is 0 Å². The number of aliphatic hydroxyl groups is 2. The van der Waals surface area contributed by atoms with Gasteiger partial charge in [-0.1, -0.05) is 100 Å². The first-order chi connectivity index (χ1) is 26.9. The Bertz CT molecular complexity index is 1820. The third kappa shape index (κ3) is 12.3. The average Bonchev–Trinajstić information content (AvgIpc) is 3.20. The maximum atomic E-state index is 14.3. The molecule has 2 aromatic heterocycles. The minimum absolute atomic E-state index is 0.0850. The van der Waals surface area contributed by atoms with Crippen molar-refractivity contribution in [3.05, 3.63) is 126 Å². The first-order valence-corrected chi connectivity index (χ1v) is 18.6. The van der Waals surface area contributed by atoms with Crippen LogP contribution in [0.2, 0.25) is 0 Å². The van der Waals surface area contributed by atoms with Gasteiger partial charge in [-0.15, -0.1) is 0 Å². The highest BCUT2D eigenvalue weighted by molar-refractivity contribution is 5.97. The average molecular weight is 769 g/mol. The van der Waals surface area contributed by atoms with Gasteiger partial charge < -0.3 is 35.6 Å². The van der Waals surface area contributed by atoms with Gasteiger partial charge in [-0.25, -0.2) is 19.5 Å². The molecule has 6 unspecified atom stereocenters. The van der Waals surface area contributed by atoms with E-state index in [0.29, 0.717) is 5.69 Å². The second-order valence-corrected chi connectivity index (χ2v) is 14.1. The number of anilines is 1. The smallest absolute Gasteiger partial charge is 0.415 e. The number of alkyl carbamates (subject to hydrolysis) is 1. The van der Waals surface area contributed by atoms with Crippen LogP contribution in [0, 0.1) is 11.8 Å². The van der Waals surface area contributed by atoms with Crippen molar-refractivity contribution in [1.29, 1.82) is 0 Å². The number of carbonyl (C=O) groups excluding carboxylic acids is 4. The van der Waals surface area contributed by atoms with Crippen molar-refractivity contribution >= 4 is 29.8 Å². The molecule has 0 aliphatic rings. The fourth-order valence-corrected chi connectivity index (χ4v) is 6.26. The molecule has 4 amide bonds. The fraction of sp³-hybridized carbons (Fsp3) is 0.381. The fourth-order valence-electron chi connectivity index (χ4n) is 6.26. The lowest BCUT2D eigenvalue weighted by Gasteiger charge is -2.36. The van der Waals surface area contributed by atoms with Gasteiger partial charge in [-0.3, -0.25) is 14.6 Å². The first-order valence-electron chi connectivity index (χ1n) is 18.6. The SMILES string of the molecule is COC(=O)N(c1ccccn1)C(C(=O)NC(Cc1ccccc1)C(O)C(O)C(Cc1ccccc1)NC(=O)C(NC(=O)OCc1ccccn1)C(C)C)C(C)C. The summed E-state index contributed by atoms with van der Waals surface area (Å²) in [7, 11) is 1.21. The standard InChI is InChI=1S/C42H52N6O8/c1-27(2)35(47-41(53)56-26-31-20-12-14-22-43-31)39(51)45-32(24-29-16-8-6-9-17-29)37(49)38(50)33(25-30-18-10-7-11-19-30)46-40(52)36(28(3)4)48(42(54)55-5)34-21-13-15-23-44-34/h6-23,27-28,32-33,35-38,49-50H,24-26H2,1-5H3,(H,45,51)(H,46,52)(H,47,53). The molecule has 6 atom stereocenters. The van der Waals surface area contributed by atoms with Crippen LogP contribution in [0.3, 0.4) is 0 Å². The van der Waals surface area contributed by atoms with Crippen molar-refractivity contribution in [2.75, 3.05) is 12.0 Å². The first kappa shape index (κ1) is 42.9. The van der Waals surface area contributed by atoms with Gasteiger partial charge in [0, 0.05) is 12.4 Å². The number of amides is 4. The number of nitrogens with one attached hydrogen (secondary N) is 3. The molecule has 0 radical (unpaired) electrons. The van der Waals surface area contributed by atoms with Crippen molar-refractivity contribution in [3.8, 4) is 0 Å². The minimum atomic E-state index is -1.64. The molecule has 4 rings (SSSR count). The van der Waals surface area contributed by atoms with Crippen LogP contribution in [-0.4, -0.2) is 87.7 Å². The Morgan fingerprint density at radius 2 is 1.18 bits per heavy atom. The van der Waals surface area contributed by atoms with Crippen LogP contribution in [0.25, 0.3) is 0 Å². The molecule has 0 fully saturated rings. The summed E-state index contributed by atoms with van der Waals surface area (Å²) in [6, 6.07) is 23.9. The second kappa shape index (κ2) is 21.3. The summed E-state index contributed by atoms with van der Waals surface area (Å²) in [5, 5.41) is 32.4. The molecule has 0 aliphatic carbocycles. The second-order valence-electron chi connectivity index (χ2n) is 14.1. The number of aliphatic hydroxyl groups excluding tert-OH is 2. The van der Waals surface area contributed by atoms with E-state index in [-0.39, 0.29) is 25.3 Å². The highest BCUT2D eigenvalue weighted by Gasteiger charge is 2.40. The molecule has 0 saturated carbocycles. The molecule has 2 aromatic carbocycles. The highest BCUT2D eigenvalue weighted by Crippen LogP contribution is 2.22. The summed E-state index contributed by atoms with van der Waals surface area (Å²) in [6.07, 6.45) is -1.68. The number of hydrogen-bond acceptors (Lipinski definition) is 10. The maximum absolute atomic E-state index is 14.3. The van der Waals surface area contributed by atoms with Crippen molar-refractivity contribution < 1.29 is 38.9 Å². The Morgan fingerprint density at radius 3 is 1.64 bits per heavy atom. The lowest BCUT2D eigenvalue weighted by Crippen LogP contribution is -2.62. The van der Waals surface area contributed by atoms with Gasteiger partial charge in [0.15, 0.2) is 0 Å². The normalized spacial score (nSPS) is 14.4. The lowest BCUT2D eigenvalue weighted by atomic mass is 9.90. The zero-order valence-corrected chi connectivity index (χ0v) is 32.3. The van der Waals surface area contributed by atoms with E-state index in [9.17, 15) is 29.4 Å². The minimum Gasteiger partial charge on any atom is -0.452 e. The number of aromatic nitrogens is 2. The van der Waals surface area contributed by atoms with E-state index in [4.69, 9.17) is 9.47 Å². The molecule has 4 aromatic rings. The maximum Gasteiger partial charge on any atom is 0.415 e. The zero-order valence-electron chi connectivity index (χ0n) is 32.3. The number of pyridine rings is 2. The van der Waals surface area contributed by atoms with Crippen LogP contribution < -0.4 is 20.9 Å². The molecule has 2 heterocycles. The number of ether oxygens (including phenoxy) is 2. The van der Waals surface area contributed by atoms with Gasteiger partial charge in [0.05, 0.1) is 24.9 Å². The van der Waals surface area contributed by atoms with Gasteiger partial charge in [0.1, 0.15) is 36.7 Å². The van der Waals surface area contributed by atoms with Crippen molar-refractivity contribution in [1.82, 2.24) is 25.9 Å². The zero-order chi connectivity index (χ0) is 40.6. The van der Waals surface area contributed by atoms with Crippen LogP contribution in [0.1, 0.15) is 44.5 Å². The van der Waals surface area contributed by atoms with Crippen LogP contribution >= 0.6 is 0 Å². The summed E-state index contributed by atoms with van der Waals surface area (Å²) in [5.41, 5.74) is 2.02. The number of benzene rings is 2. The van der Waals surface area contributed by atoms with E-state index in [1.807, 2.05) is 60.7 Å². The largest absolute Gasteiger partial charge is 0.452 e. The Hall–Kier alpha value is -5.86. The molecule has 5 N–H and O–H groups in total. The molecular weight excluding hydrogens is 716 g/mol. The van der Waals surface area contributed by atoms with E-state index >= 15 is 0 Å². The van der Waals surface area contributed by atoms with Crippen LogP contribution in [0.4, 0.5) is 15.4 Å². The summed E-state index contributed by atoms with van der Waals surface area (Å²) in [4.78, 5) is 63.7. The number of hydrogen-bond donors (Lipinski definition) is 5. The molecule has 14 nitrogen and oxygen atoms in total. The van der Waals surface area contributed by atoms with Crippen LogP contribution in [0.15, 0.2) is 109 Å². The summed E-state index contributed by atoms with van der Waals surface area (Å²) in [6.45, 7) is 6.92. The topological polar surface area (TPSA) is 192 Å². The lowest BCUT2D eigenvalue weighted by molar-refractivity contribution is -0.129. The molecule has 0 saturated heterocycles. The van der Waals surface area contributed by atoms with Crippen LogP contribution in [0.5, 0.6) is 0 Å². The molecule has 14 heteroatoms. The van der Waals surface area contributed by atoms with E-state index in [1.54, 1.807) is 70.3 Å². The van der Waals surface area contributed by atoms with Gasteiger partial charge in [0.25, 0.3) is 0 Å². The quantitative estimate of drug-likeness (QED) is 0.0981. The molecular formula is C42H52N6O8. The van der Waals surface area contributed by atoms with Crippen molar-refractivity contribution in [2.45, 2.75) is 83.5 Å². The van der Waals surface area contributed by atoms with E-state index < -0.39 is 72.2 Å². The predicted molar refractivity (Wildman–Crippen MR) is 210 cm³/mol. The van der Waals surface area contributed by atoms with Gasteiger partial charge in [-0.05, 0) is 60.1 Å². The predicted octanol–water partition coefficient (Wildman–Crippen LogP) is 4.20. The van der Waals surface area contributed by atoms with E-state index in [2.05, 4.69) is 25.9 Å². The number of methoxy groups -OCH3 is 1. The molecule has 0 spiro atoms. The Kier molecular flexibility index (Phi) is 16.3. The van der Waals surface area contributed by atoms with E-state index in [0.717, 1.165) is 16.0 Å². The van der Waals surface area contributed by atoms with Gasteiger partial charge >= 0.3 is 12.2 Å². The number of carbonyl (C=O) groups is 4. The number of rotatable bonds is 18. The number of nitrogens with zero attached hydrogens (tertiary/aromatic N) is 3. The summed E-state index contributed by atoms with van der Waals surface area (Å²) < 4.78 is 10.4. The van der Waals surface area contributed by atoms with E-state index in [1.165, 1.54) is 13.3 Å². The summed E-state index contributed by atoms with van der Waals surface area (Å²) in [5.74, 6) is -1.90. The third-order valence-electron chi connectivity index (χ3n) is 9.17. The highest BCUT2D eigenvalue weighted by atomic mass is 16.6. The molecule has 298 valence electrons. The molecule has 0 bridgehead atoms. The monoisotopic (exact) mass is 768 g/mol.